The largest absolute Gasteiger partial charge is 0.481 e. The van der Waals surface area contributed by atoms with Crippen LogP contribution in [-0.4, -0.2) is 23.1 Å². The highest BCUT2D eigenvalue weighted by Crippen LogP contribution is 2.17. The fourth-order valence-electron chi connectivity index (χ4n) is 0.631. The third-order valence-corrected chi connectivity index (χ3v) is 1.43. The third-order valence-electron chi connectivity index (χ3n) is 1.13. The summed E-state index contributed by atoms with van der Waals surface area (Å²) >= 11 is 5.52. The fraction of sp³-hybridized carbons (Fsp3) is 0.143. The minimum atomic E-state index is -2.67. The molecule has 0 bridgehead atoms. The molecular formula is C7H6ClNO3. The van der Waals surface area contributed by atoms with Gasteiger partial charge in [0, 0.05) is 6.07 Å². The summed E-state index contributed by atoms with van der Waals surface area (Å²) in [7, 11) is -2.67. The van der Waals surface area contributed by atoms with Crippen LogP contribution in [0.5, 0.6) is 5.88 Å². The summed E-state index contributed by atoms with van der Waals surface area (Å²) in [5, 5.41) is 8.56. The predicted octanol–water partition coefficient (Wildman–Crippen LogP) is 1.44. The van der Waals surface area contributed by atoms with Gasteiger partial charge in [-0.3, -0.25) is 0 Å². The number of pyridine rings is 1. The Kier molecular flexibility index (Phi) is 1.52. The Labute approximate surface area is 78.0 Å². The lowest BCUT2D eigenvalue weighted by Crippen LogP contribution is -2.02. The van der Waals surface area contributed by atoms with Crippen LogP contribution in [0.1, 0.15) is 14.6 Å². The molecule has 1 aromatic heterocycles. The van der Waals surface area contributed by atoms with Gasteiger partial charge >= 0.3 is 5.97 Å². The van der Waals surface area contributed by atoms with Crippen LogP contribution in [0.3, 0.4) is 0 Å². The third kappa shape index (κ3) is 1.65. The van der Waals surface area contributed by atoms with E-state index >= 15 is 0 Å². The van der Waals surface area contributed by atoms with Gasteiger partial charge in [0.15, 0.2) is 5.69 Å². The molecule has 0 aliphatic carbocycles. The summed E-state index contributed by atoms with van der Waals surface area (Å²) < 4.78 is 24.8. The molecule has 4 nitrogen and oxygen atoms in total. The Bertz CT molecular complexity index is 394. The lowest BCUT2D eigenvalue weighted by Gasteiger charge is -2.00. The number of ether oxygens (including phenoxy) is 1. The fourth-order valence-corrected chi connectivity index (χ4v) is 0.817. The van der Waals surface area contributed by atoms with Crippen LogP contribution in [0.4, 0.5) is 0 Å². The number of carboxylic acid groups (broad SMARTS) is 1. The molecule has 0 saturated heterocycles. The Morgan fingerprint density at radius 2 is 2.58 bits per heavy atom. The highest BCUT2D eigenvalue weighted by atomic mass is 35.5. The van der Waals surface area contributed by atoms with E-state index in [4.69, 9.17) is 20.8 Å². The van der Waals surface area contributed by atoms with Crippen LogP contribution in [0.2, 0.25) is 5.02 Å². The van der Waals surface area contributed by atoms with Crippen LogP contribution in [0, 0.1) is 0 Å². The van der Waals surface area contributed by atoms with Crippen molar-refractivity contribution in [3.8, 4) is 5.88 Å². The number of carboxylic acids is 1. The SMILES string of the molecule is [2H]C([2H])([2H])Oc1ccc(Cl)c(C(=O)O)n1. The summed E-state index contributed by atoms with van der Waals surface area (Å²) in [5.41, 5.74) is -0.446. The number of methoxy groups -OCH3 is 1. The minimum Gasteiger partial charge on any atom is -0.481 e. The molecule has 0 aliphatic heterocycles. The van der Waals surface area contributed by atoms with Gasteiger partial charge in [0.1, 0.15) is 0 Å². The molecule has 5 heteroatoms. The van der Waals surface area contributed by atoms with E-state index in [0.29, 0.717) is 0 Å². The molecule has 1 rings (SSSR count). The molecule has 0 aliphatic rings. The van der Waals surface area contributed by atoms with Crippen molar-refractivity contribution in [2.24, 2.45) is 0 Å². The molecule has 0 atom stereocenters. The molecule has 0 amide bonds. The molecule has 0 saturated carbocycles. The van der Waals surface area contributed by atoms with E-state index < -0.39 is 18.7 Å². The smallest absolute Gasteiger partial charge is 0.356 e. The number of hydrogen-bond donors (Lipinski definition) is 1. The van der Waals surface area contributed by atoms with Crippen molar-refractivity contribution in [3.05, 3.63) is 22.8 Å². The first kappa shape index (κ1) is 5.37. The molecule has 0 spiro atoms. The van der Waals surface area contributed by atoms with Gasteiger partial charge in [-0.05, 0) is 6.07 Å². The summed E-state index contributed by atoms with van der Waals surface area (Å²) in [6.45, 7) is 0. The summed E-state index contributed by atoms with van der Waals surface area (Å²) in [5.74, 6) is -1.66. The van der Waals surface area contributed by atoms with E-state index in [-0.39, 0.29) is 10.9 Å². The van der Waals surface area contributed by atoms with Gasteiger partial charge < -0.3 is 9.84 Å². The minimum absolute atomic E-state index is 0.0830. The van der Waals surface area contributed by atoms with E-state index in [1.807, 2.05) is 0 Å². The highest BCUT2D eigenvalue weighted by molar-refractivity contribution is 6.33. The second-order valence-electron chi connectivity index (χ2n) is 1.89. The van der Waals surface area contributed by atoms with E-state index in [1.165, 1.54) is 12.1 Å². The monoisotopic (exact) mass is 190 g/mol. The maximum atomic E-state index is 10.6. The molecule has 0 fully saturated rings. The normalized spacial score (nSPS) is 14.2. The first-order valence-corrected chi connectivity index (χ1v) is 3.26. The summed E-state index contributed by atoms with van der Waals surface area (Å²) in [6, 6.07) is 2.39. The second kappa shape index (κ2) is 3.40. The van der Waals surface area contributed by atoms with Crippen molar-refractivity contribution in [2.45, 2.75) is 0 Å². The van der Waals surface area contributed by atoms with E-state index in [0.717, 1.165) is 0 Å². The van der Waals surface area contributed by atoms with Gasteiger partial charge in [-0.25, -0.2) is 9.78 Å². The Morgan fingerprint density at radius 3 is 3.17 bits per heavy atom. The van der Waals surface area contributed by atoms with Gasteiger partial charge in [0.2, 0.25) is 5.88 Å². The van der Waals surface area contributed by atoms with Crippen molar-refractivity contribution in [3.63, 3.8) is 0 Å². The van der Waals surface area contributed by atoms with Crippen molar-refractivity contribution < 1.29 is 18.8 Å². The maximum absolute atomic E-state index is 10.6. The molecule has 1 aromatic rings. The molecule has 0 aromatic carbocycles. The van der Waals surface area contributed by atoms with Gasteiger partial charge in [-0.15, -0.1) is 0 Å². The van der Waals surface area contributed by atoms with Gasteiger partial charge in [0.25, 0.3) is 0 Å². The molecule has 1 heterocycles. The van der Waals surface area contributed by atoms with Gasteiger partial charge in [-0.1, -0.05) is 11.6 Å². The number of rotatable bonds is 2. The number of aromatic nitrogens is 1. The van der Waals surface area contributed by atoms with Crippen LogP contribution in [0.25, 0.3) is 0 Å². The maximum Gasteiger partial charge on any atom is 0.356 e. The van der Waals surface area contributed by atoms with Crippen LogP contribution >= 0.6 is 11.6 Å². The number of hydrogen-bond acceptors (Lipinski definition) is 3. The average Bonchev–Trinajstić information content (AvgIpc) is 2.05. The lowest BCUT2D eigenvalue weighted by atomic mass is 10.3. The highest BCUT2D eigenvalue weighted by Gasteiger charge is 2.10. The van der Waals surface area contributed by atoms with Crippen LogP contribution < -0.4 is 4.74 Å². The zero-order valence-corrected chi connectivity index (χ0v) is 6.50. The number of carbonyl (C=O) groups is 1. The second-order valence-corrected chi connectivity index (χ2v) is 2.29. The molecule has 0 radical (unpaired) electrons. The quantitative estimate of drug-likeness (QED) is 0.767. The summed E-state index contributed by atoms with van der Waals surface area (Å²) in [4.78, 5) is 14.0. The van der Waals surface area contributed by atoms with E-state index in [2.05, 4.69) is 9.72 Å². The first-order valence-electron chi connectivity index (χ1n) is 4.38. The summed E-state index contributed by atoms with van der Waals surface area (Å²) in [6.07, 6.45) is 0. The van der Waals surface area contributed by atoms with Crippen LogP contribution in [0.15, 0.2) is 12.1 Å². The van der Waals surface area contributed by atoms with Crippen molar-refractivity contribution in [1.29, 1.82) is 0 Å². The zero-order chi connectivity index (χ0) is 11.6. The van der Waals surface area contributed by atoms with Crippen LogP contribution in [-0.2, 0) is 0 Å². The average molecular weight is 191 g/mol. The molecule has 0 unspecified atom stereocenters. The molecule has 12 heavy (non-hydrogen) atoms. The Hall–Kier alpha value is -1.29. The van der Waals surface area contributed by atoms with E-state index in [9.17, 15) is 4.79 Å². The van der Waals surface area contributed by atoms with E-state index in [1.54, 1.807) is 0 Å². The van der Waals surface area contributed by atoms with Crippen molar-refractivity contribution in [1.82, 2.24) is 4.98 Å². The molecule has 1 N–H and O–H groups in total. The number of aromatic carboxylic acids is 1. The predicted molar refractivity (Wildman–Crippen MR) is 42.8 cm³/mol. The zero-order valence-electron chi connectivity index (χ0n) is 8.74. The Morgan fingerprint density at radius 1 is 1.83 bits per heavy atom. The standard InChI is InChI=1S/C7H6ClNO3/c1-12-5-3-2-4(8)6(9-5)7(10)11/h2-3H,1H3,(H,10,11)/i1D3. The topological polar surface area (TPSA) is 59.4 Å². The lowest BCUT2D eigenvalue weighted by molar-refractivity contribution is 0.0689. The van der Waals surface area contributed by atoms with Gasteiger partial charge in [-0.2, -0.15) is 0 Å². The Balaban J connectivity index is 3.03. The molecule has 64 valence electrons. The van der Waals surface area contributed by atoms with Gasteiger partial charge in [0.05, 0.1) is 16.2 Å². The van der Waals surface area contributed by atoms with Crippen molar-refractivity contribution >= 4 is 17.6 Å². The number of halogens is 1. The number of nitrogens with zero attached hydrogens (tertiary/aromatic N) is 1. The first-order chi connectivity index (χ1) is 6.79. The molecular weight excluding hydrogens is 182 g/mol. The van der Waals surface area contributed by atoms with Crippen molar-refractivity contribution in [2.75, 3.05) is 7.04 Å².